The molecule has 0 bridgehead atoms. The first-order valence-corrected chi connectivity index (χ1v) is 11.6. The molecule has 0 atom stereocenters. The Morgan fingerprint density at radius 2 is 1.79 bits per heavy atom. The topological polar surface area (TPSA) is 118 Å². The Kier molecular flexibility index (Phi) is 6.66. The predicted octanol–water partition coefficient (Wildman–Crippen LogP) is 3.71. The van der Waals surface area contributed by atoms with E-state index < -0.39 is 0 Å². The van der Waals surface area contributed by atoms with Gasteiger partial charge in [-0.1, -0.05) is 6.07 Å². The lowest BCUT2D eigenvalue weighted by atomic mass is 9.95. The van der Waals surface area contributed by atoms with E-state index in [4.69, 9.17) is 0 Å². The van der Waals surface area contributed by atoms with Crippen molar-refractivity contribution in [3.8, 4) is 11.5 Å². The Morgan fingerprint density at radius 3 is 2.65 bits per heavy atom. The van der Waals surface area contributed by atoms with Crippen molar-refractivity contribution in [1.29, 1.82) is 0 Å². The molecule has 3 N–H and O–H groups in total. The van der Waals surface area contributed by atoms with Crippen LogP contribution in [-0.2, 0) is 6.54 Å². The monoisotopic (exact) mass is 456 g/mol. The maximum atomic E-state index is 4.57. The molecule has 0 amide bonds. The van der Waals surface area contributed by atoms with Crippen LogP contribution in [0.3, 0.4) is 0 Å². The van der Waals surface area contributed by atoms with Crippen molar-refractivity contribution in [1.82, 2.24) is 40.0 Å². The molecule has 4 aromatic rings. The van der Waals surface area contributed by atoms with Crippen LogP contribution in [0.25, 0.3) is 11.5 Å². The summed E-state index contributed by atoms with van der Waals surface area (Å²) in [5.41, 5.74) is 2.50. The summed E-state index contributed by atoms with van der Waals surface area (Å²) in [6.45, 7) is 5.11. The van der Waals surface area contributed by atoms with E-state index in [-0.39, 0.29) is 0 Å². The molecule has 1 aliphatic rings. The minimum atomic E-state index is 0.484. The molecule has 10 heteroatoms. The number of piperidine rings is 1. The van der Waals surface area contributed by atoms with Gasteiger partial charge in [0.05, 0.1) is 11.9 Å². The van der Waals surface area contributed by atoms with Crippen LogP contribution < -0.4 is 16.0 Å². The van der Waals surface area contributed by atoms with Crippen LogP contribution in [0.1, 0.15) is 25.0 Å². The van der Waals surface area contributed by atoms with Crippen molar-refractivity contribution >= 4 is 23.3 Å². The minimum absolute atomic E-state index is 0.484. The highest BCUT2D eigenvalue weighted by Crippen LogP contribution is 2.20. The molecule has 0 saturated carbocycles. The van der Waals surface area contributed by atoms with Crippen LogP contribution in [0.5, 0.6) is 0 Å². The van der Waals surface area contributed by atoms with Gasteiger partial charge in [0.2, 0.25) is 5.95 Å². The first kappa shape index (κ1) is 21.9. The molecule has 0 unspecified atom stereocenters. The van der Waals surface area contributed by atoms with Gasteiger partial charge in [0.15, 0.2) is 5.82 Å². The SMILES string of the molecule is Cc1cccc(-c2nccc(Nc3ccnc(Nc4cnn(CCC5CCNCC5)c4)n3)n2)n1. The van der Waals surface area contributed by atoms with E-state index in [0.717, 1.165) is 49.0 Å². The quantitative estimate of drug-likeness (QED) is 0.364. The Hall–Kier alpha value is -3.92. The number of hydrogen-bond donors (Lipinski definition) is 3. The normalized spacial score (nSPS) is 14.1. The lowest BCUT2D eigenvalue weighted by Gasteiger charge is -2.22. The number of hydrogen-bond acceptors (Lipinski definition) is 9. The van der Waals surface area contributed by atoms with Crippen LogP contribution in [0, 0.1) is 12.8 Å². The van der Waals surface area contributed by atoms with Crippen molar-refractivity contribution in [2.24, 2.45) is 5.92 Å². The van der Waals surface area contributed by atoms with E-state index in [2.05, 4.69) is 46.0 Å². The summed E-state index contributed by atoms with van der Waals surface area (Å²) < 4.78 is 1.98. The molecular weight excluding hydrogens is 428 g/mol. The van der Waals surface area contributed by atoms with Gasteiger partial charge in [-0.3, -0.25) is 4.68 Å². The molecule has 5 rings (SSSR count). The van der Waals surface area contributed by atoms with Gasteiger partial charge in [0.1, 0.15) is 17.3 Å². The van der Waals surface area contributed by atoms with E-state index in [1.807, 2.05) is 36.0 Å². The zero-order chi connectivity index (χ0) is 23.2. The fraction of sp³-hybridized carbons (Fsp3) is 0.333. The number of anilines is 4. The van der Waals surface area contributed by atoms with Crippen LogP contribution in [0.4, 0.5) is 23.3 Å². The third kappa shape index (κ3) is 5.70. The predicted molar refractivity (Wildman–Crippen MR) is 131 cm³/mol. The van der Waals surface area contributed by atoms with Crippen LogP contribution in [-0.4, -0.2) is 47.8 Å². The fourth-order valence-corrected chi connectivity index (χ4v) is 4.00. The highest BCUT2D eigenvalue weighted by atomic mass is 15.3. The summed E-state index contributed by atoms with van der Waals surface area (Å²) in [5, 5.41) is 14.3. The van der Waals surface area contributed by atoms with Gasteiger partial charge in [-0.25, -0.2) is 19.9 Å². The van der Waals surface area contributed by atoms with Gasteiger partial charge < -0.3 is 16.0 Å². The molecule has 0 aliphatic carbocycles. The number of aromatic nitrogens is 7. The average Bonchev–Trinajstić information content (AvgIpc) is 3.31. The van der Waals surface area contributed by atoms with E-state index in [0.29, 0.717) is 23.4 Å². The first-order chi connectivity index (χ1) is 16.7. The van der Waals surface area contributed by atoms with Crippen LogP contribution >= 0.6 is 0 Å². The second-order valence-corrected chi connectivity index (χ2v) is 8.42. The van der Waals surface area contributed by atoms with Crippen molar-refractivity contribution in [2.45, 2.75) is 32.7 Å². The highest BCUT2D eigenvalue weighted by molar-refractivity contribution is 5.58. The number of pyridine rings is 1. The second-order valence-electron chi connectivity index (χ2n) is 8.42. The van der Waals surface area contributed by atoms with E-state index in [1.54, 1.807) is 30.7 Å². The highest BCUT2D eigenvalue weighted by Gasteiger charge is 2.13. The smallest absolute Gasteiger partial charge is 0.229 e. The van der Waals surface area contributed by atoms with Crippen LogP contribution in [0.15, 0.2) is 55.1 Å². The van der Waals surface area contributed by atoms with Crippen molar-refractivity contribution in [3.63, 3.8) is 0 Å². The first-order valence-electron chi connectivity index (χ1n) is 11.6. The summed E-state index contributed by atoms with van der Waals surface area (Å²) in [5.74, 6) is 3.06. The van der Waals surface area contributed by atoms with Crippen molar-refractivity contribution in [2.75, 3.05) is 23.7 Å². The molecule has 1 saturated heterocycles. The minimum Gasteiger partial charge on any atom is -0.325 e. The van der Waals surface area contributed by atoms with E-state index in [1.165, 1.54) is 12.8 Å². The largest absolute Gasteiger partial charge is 0.325 e. The lowest BCUT2D eigenvalue weighted by Crippen LogP contribution is -2.28. The molecule has 1 fully saturated rings. The van der Waals surface area contributed by atoms with Gasteiger partial charge >= 0.3 is 0 Å². The Bertz CT molecular complexity index is 1230. The van der Waals surface area contributed by atoms with Crippen molar-refractivity contribution < 1.29 is 0 Å². The second kappa shape index (κ2) is 10.3. The third-order valence-corrected chi connectivity index (χ3v) is 5.80. The van der Waals surface area contributed by atoms with Gasteiger partial charge in [0, 0.05) is 30.8 Å². The van der Waals surface area contributed by atoms with E-state index >= 15 is 0 Å². The number of aryl methyl sites for hydroxylation is 2. The molecule has 0 spiro atoms. The fourth-order valence-electron chi connectivity index (χ4n) is 4.00. The van der Waals surface area contributed by atoms with Gasteiger partial charge in [0.25, 0.3) is 0 Å². The van der Waals surface area contributed by atoms with Crippen molar-refractivity contribution in [3.05, 3.63) is 60.8 Å². The molecule has 0 radical (unpaired) electrons. The zero-order valence-corrected chi connectivity index (χ0v) is 19.1. The Labute approximate surface area is 198 Å². The summed E-state index contributed by atoms with van der Waals surface area (Å²) in [6, 6.07) is 9.37. The van der Waals surface area contributed by atoms with Gasteiger partial charge in [-0.2, -0.15) is 10.1 Å². The van der Waals surface area contributed by atoms with Crippen LogP contribution in [0.2, 0.25) is 0 Å². The van der Waals surface area contributed by atoms with E-state index in [9.17, 15) is 0 Å². The molecular formula is C24H28N10. The Balaban J connectivity index is 1.21. The molecule has 1 aliphatic heterocycles. The summed E-state index contributed by atoms with van der Waals surface area (Å²) in [4.78, 5) is 22.3. The standard InChI is InChI=1S/C24H28N10/c1-17-3-2-4-20(29-17)23-26-12-7-21(32-23)31-22-8-13-27-24(33-22)30-19-15-28-34(16-19)14-9-18-5-10-25-11-6-18/h2-4,7-8,12-13,15-16,18,25H,5-6,9-11,14H2,1H3,(H2,26,27,30,31,32,33). The molecule has 34 heavy (non-hydrogen) atoms. The third-order valence-electron chi connectivity index (χ3n) is 5.80. The molecule has 4 aromatic heterocycles. The maximum absolute atomic E-state index is 4.57. The Morgan fingerprint density at radius 1 is 0.971 bits per heavy atom. The number of nitrogens with zero attached hydrogens (tertiary/aromatic N) is 7. The zero-order valence-electron chi connectivity index (χ0n) is 19.1. The maximum Gasteiger partial charge on any atom is 0.229 e. The molecule has 0 aromatic carbocycles. The number of rotatable bonds is 8. The summed E-state index contributed by atoms with van der Waals surface area (Å²) in [6.07, 6.45) is 10.8. The molecule has 174 valence electrons. The molecule has 10 nitrogen and oxygen atoms in total. The van der Waals surface area contributed by atoms with Gasteiger partial charge in [-0.05, 0) is 69.5 Å². The average molecular weight is 457 g/mol. The van der Waals surface area contributed by atoms with Gasteiger partial charge in [-0.15, -0.1) is 0 Å². The summed E-state index contributed by atoms with van der Waals surface area (Å²) >= 11 is 0. The molecule has 5 heterocycles. The number of nitrogens with one attached hydrogen (secondary N) is 3. The summed E-state index contributed by atoms with van der Waals surface area (Å²) in [7, 11) is 0. The lowest BCUT2D eigenvalue weighted by molar-refractivity contribution is 0.332.